The zero-order chi connectivity index (χ0) is 11.5. The van der Waals surface area contributed by atoms with Gasteiger partial charge in [0.25, 0.3) is 0 Å². The Morgan fingerprint density at radius 2 is 2.31 bits per heavy atom. The van der Waals surface area contributed by atoms with Gasteiger partial charge in [0.2, 0.25) is 0 Å². The van der Waals surface area contributed by atoms with E-state index in [4.69, 9.17) is 0 Å². The van der Waals surface area contributed by atoms with Crippen molar-refractivity contribution in [3.63, 3.8) is 0 Å². The Bertz CT molecular complexity index is 354. The van der Waals surface area contributed by atoms with Crippen molar-refractivity contribution in [3.05, 3.63) is 29.8 Å². The molecule has 3 atom stereocenters. The maximum absolute atomic E-state index is 13.0. The summed E-state index contributed by atoms with van der Waals surface area (Å²) in [7, 11) is 0. The van der Waals surface area contributed by atoms with Gasteiger partial charge in [0.1, 0.15) is 5.82 Å². The van der Waals surface area contributed by atoms with Crippen LogP contribution in [-0.4, -0.2) is 17.6 Å². The second-order valence-electron chi connectivity index (χ2n) is 4.70. The fourth-order valence-corrected chi connectivity index (χ4v) is 2.46. The molecule has 0 radical (unpaired) electrons. The van der Waals surface area contributed by atoms with Gasteiger partial charge in [-0.05, 0) is 42.9 Å². The van der Waals surface area contributed by atoms with Gasteiger partial charge in [0.15, 0.2) is 0 Å². The van der Waals surface area contributed by atoms with Crippen LogP contribution in [0.5, 0.6) is 0 Å². The standard InChI is InChI=1S/C13H19FN2/c1-3-4-16-13-6-12(9(13)2)10-5-11(14)8-15-7-10/h5,7-9,12-13,16H,3-4,6H2,1-2H3. The molecule has 0 aromatic carbocycles. The molecular formula is C13H19FN2. The van der Waals surface area contributed by atoms with E-state index in [-0.39, 0.29) is 5.82 Å². The van der Waals surface area contributed by atoms with E-state index in [2.05, 4.69) is 24.1 Å². The van der Waals surface area contributed by atoms with E-state index >= 15 is 0 Å². The molecule has 1 heterocycles. The van der Waals surface area contributed by atoms with Crippen LogP contribution in [0.3, 0.4) is 0 Å². The lowest BCUT2D eigenvalue weighted by Crippen LogP contribution is -2.48. The van der Waals surface area contributed by atoms with Crippen LogP contribution in [0, 0.1) is 11.7 Å². The Kier molecular flexibility index (Phi) is 3.54. The first-order valence-corrected chi connectivity index (χ1v) is 6.06. The predicted octanol–water partition coefficient (Wildman–Crippen LogP) is 2.71. The summed E-state index contributed by atoms with van der Waals surface area (Å²) in [5.74, 6) is 0.822. The molecule has 88 valence electrons. The normalized spacial score (nSPS) is 28.8. The molecule has 1 aromatic rings. The summed E-state index contributed by atoms with van der Waals surface area (Å²) in [6.07, 6.45) is 5.32. The van der Waals surface area contributed by atoms with Crippen molar-refractivity contribution < 1.29 is 4.39 Å². The Hall–Kier alpha value is -0.960. The minimum Gasteiger partial charge on any atom is -0.314 e. The summed E-state index contributed by atoms with van der Waals surface area (Å²) in [5, 5.41) is 3.52. The molecule has 1 aliphatic rings. The molecule has 3 heteroatoms. The monoisotopic (exact) mass is 222 g/mol. The van der Waals surface area contributed by atoms with E-state index in [0.717, 1.165) is 24.9 Å². The third kappa shape index (κ3) is 2.24. The zero-order valence-corrected chi connectivity index (χ0v) is 9.91. The van der Waals surface area contributed by atoms with Crippen LogP contribution in [0.15, 0.2) is 18.5 Å². The summed E-state index contributed by atoms with van der Waals surface area (Å²) < 4.78 is 13.0. The molecule has 16 heavy (non-hydrogen) atoms. The van der Waals surface area contributed by atoms with Gasteiger partial charge >= 0.3 is 0 Å². The van der Waals surface area contributed by atoms with Crippen molar-refractivity contribution in [1.29, 1.82) is 0 Å². The summed E-state index contributed by atoms with van der Waals surface area (Å²) in [6.45, 7) is 5.47. The van der Waals surface area contributed by atoms with E-state index in [1.165, 1.54) is 6.20 Å². The molecule has 0 bridgehead atoms. The molecular weight excluding hydrogens is 203 g/mol. The minimum absolute atomic E-state index is 0.227. The van der Waals surface area contributed by atoms with Crippen molar-refractivity contribution in [2.45, 2.75) is 38.6 Å². The molecule has 2 rings (SSSR count). The van der Waals surface area contributed by atoms with Crippen LogP contribution in [0.1, 0.15) is 38.2 Å². The molecule has 1 aromatic heterocycles. The van der Waals surface area contributed by atoms with Crippen LogP contribution in [-0.2, 0) is 0 Å². The van der Waals surface area contributed by atoms with Crippen molar-refractivity contribution in [1.82, 2.24) is 10.3 Å². The lowest BCUT2D eigenvalue weighted by Gasteiger charge is -2.43. The molecule has 0 spiro atoms. The van der Waals surface area contributed by atoms with E-state index < -0.39 is 0 Å². The average Bonchev–Trinajstić information content (AvgIpc) is 2.27. The van der Waals surface area contributed by atoms with E-state index in [9.17, 15) is 4.39 Å². The largest absolute Gasteiger partial charge is 0.314 e. The highest BCUT2D eigenvalue weighted by Crippen LogP contribution is 2.42. The van der Waals surface area contributed by atoms with Gasteiger partial charge in [-0.2, -0.15) is 0 Å². The number of rotatable bonds is 4. The highest BCUT2D eigenvalue weighted by Gasteiger charge is 2.38. The summed E-state index contributed by atoms with van der Waals surface area (Å²) >= 11 is 0. The molecule has 0 saturated heterocycles. The number of nitrogens with one attached hydrogen (secondary N) is 1. The summed E-state index contributed by atoms with van der Waals surface area (Å²) in [4.78, 5) is 3.91. The summed E-state index contributed by atoms with van der Waals surface area (Å²) in [5.41, 5.74) is 1.04. The van der Waals surface area contributed by atoms with Crippen molar-refractivity contribution >= 4 is 0 Å². The maximum Gasteiger partial charge on any atom is 0.141 e. The average molecular weight is 222 g/mol. The lowest BCUT2D eigenvalue weighted by atomic mass is 9.67. The van der Waals surface area contributed by atoms with Gasteiger partial charge in [-0.3, -0.25) is 4.98 Å². The molecule has 1 saturated carbocycles. The number of halogens is 1. The fraction of sp³-hybridized carbons (Fsp3) is 0.615. The number of aromatic nitrogens is 1. The Labute approximate surface area is 96.3 Å². The predicted molar refractivity (Wildman–Crippen MR) is 62.8 cm³/mol. The van der Waals surface area contributed by atoms with Crippen LogP contribution in [0.25, 0.3) is 0 Å². The quantitative estimate of drug-likeness (QED) is 0.847. The van der Waals surface area contributed by atoms with Crippen LogP contribution in [0.4, 0.5) is 4.39 Å². The first-order chi connectivity index (χ1) is 7.72. The molecule has 1 fully saturated rings. The Balaban J connectivity index is 1.94. The third-order valence-electron chi connectivity index (χ3n) is 3.59. The number of hydrogen-bond donors (Lipinski definition) is 1. The van der Waals surface area contributed by atoms with Gasteiger partial charge in [-0.1, -0.05) is 13.8 Å². The minimum atomic E-state index is -0.227. The van der Waals surface area contributed by atoms with Gasteiger partial charge in [-0.25, -0.2) is 4.39 Å². The highest BCUT2D eigenvalue weighted by molar-refractivity contribution is 5.21. The van der Waals surface area contributed by atoms with E-state index in [1.807, 2.05) is 0 Å². The number of hydrogen-bond acceptors (Lipinski definition) is 2. The lowest BCUT2D eigenvalue weighted by molar-refractivity contribution is 0.184. The maximum atomic E-state index is 13.0. The van der Waals surface area contributed by atoms with Gasteiger partial charge in [-0.15, -0.1) is 0 Å². The molecule has 0 aliphatic heterocycles. The van der Waals surface area contributed by atoms with E-state index in [1.54, 1.807) is 12.3 Å². The molecule has 1 aliphatic carbocycles. The van der Waals surface area contributed by atoms with Crippen molar-refractivity contribution in [3.8, 4) is 0 Å². The van der Waals surface area contributed by atoms with E-state index in [0.29, 0.717) is 17.9 Å². The Morgan fingerprint density at radius 1 is 1.50 bits per heavy atom. The highest BCUT2D eigenvalue weighted by atomic mass is 19.1. The van der Waals surface area contributed by atoms with Gasteiger partial charge in [0.05, 0.1) is 6.20 Å². The molecule has 2 nitrogen and oxygen atoms in total. The van der Waals surface area contributed by atoms with Gasteiger partial charge < -0.3 is 5.32 Å². The van der Waals surface area contributed by atoms with Crippen LogP contribution < -0.4 is 5.32 Å². The summed E-state index contributed by atoms with van der Waals surface area (Å²) in [6, 6.07) is 2.21. The second-order valence-corrected chi connectivity index (χ2v) is 4.70. The topological polar surface area (TPSA) is 24.9 Å². The first kappa shape index (κ1) is 11.5. The van der Waals surface area contributed by atoms with Crippen LogP contribution >= 0.6 is 0 Å². The molecule has 0 amide bonds. The number of pyridine rings is 1. The van der Waals surface area contributed by atoms with Crippen molar-refractivity contribution in [2.24, 2.45) is 5.92 Å². The first-order valence-electron chi connectivity index (χ1n) is 6.06. The molecule has 3 unspecified atom stereocenters. The Morgan fingerprint density at radius 3 is 2.94 bits per heavy atom. The smallest absolute Gasteiger partial charge is 0.141 e. The van der Waals surface area contributed by atoms with Gasteiger partial charge in [0, 0.05) is 12.2 Å². The second kappa shape index (κ2) is 4.91. The van der Waals surface area contributed by atoms with Crippen molar-refractivity contribution in [2.75, 3.05) is 6.54 Å². The fourth-order valence-electron chi connectivity index (χ4n) is 2.46. The van der Waals surface area contributed by atoms with Crippen LogP contribution in [0.2, 0.25) is 0 Å². The zero-order valence-electron chi connectivity index (χ0n) is 9.91. The SMILES string of the molecule is CCCNC1CC(c2cncc(F)c2)C1C. The molecule has 1 N–H and O–H groups in total. The number of nitrogens with zero attached hydrogens (tertiary/aromatic N) is 1. The third-order valence-corrected chi connectivity index (χ3v) is 3.59.